The monoisotopic (exact) mass is 271 g/mol. The highest BCUT2D eigenvalue weighted by Gasteiger charge is 2.26. The van der Waals surface area contributed by atoms with Gasteiger partial charge in [-0.3, -0.25) is 0 Å². The zero-order valence-electron chi connectivity index (χ0n) is 10.2. The van der Waals surface area contributed by atoms with Crippen molar-refractivity contribution in [1.82, 2.24) is 0 Å². The van der Waals surface area contributed by atoms with Crippen LogP contribution in [0.15, 0.2) is 23.1 Å². The fourth-order valence-electron chi connectivity index (χ4n) is 2.16. The van der Waals surface area contributed by atoms with Gasteiger partial charge in [0, 0.05) is 25.9 Å². The van der Waals surface area contributed by atoms with E-state index >= 15 is 0 Å². The molecule has 1 unspecified atom stereocenters. The van der Waals surface area contributed by atoms with Gasteiger partial charge < -0.3 is 15.4 Å². The number of primary sulfonamides is 1. The smallest absolute Gasteiger partial charge is 0.240 e. The summed E-state index contributed by atoms with van der Waals surface area (Å²) in [7, 11) is -2.13. The van der Waals surface area contributed by atoms with Gasteiger partial charge in [0.2, 0.25) is 10.0 Å². The quantitative estimate of drug-likeness (QED) is 0.762. The van der Waals surface area contributed by atoms with Crippen molar-refractivity contribution >= 4 is 21.4 Å². The molecule has 1 atom stereocenters. The van der Waals surface area contributed by atoms with E-state index in [1.807, 2.05) is 4.90 Å². The van der Waals surface area contributed by atoms with Crippen molar-refractivity contribution in [1.29, 1.82) is 0 Å². The van der Waals surface area contributed by atoms with Crippen molar-refractivity contribution in [2.45, 2.75) is 17.4 Å². The van der Waals surface area contributed by atoms with E-state index in [0.717, 1.165) is 13.0 Å². The maximum Gasteiger partial charge on any atom is 0.240 e. The molecule has 7 heteroatoms. The number of nitrogens with two attached hydrogens (primary N) is 2. The topological polar surface area (TPSA) is 98.7 Å². The minimum Gasteiger partial charge on any atom is -0.399 e. The van der Waals surface area contributed by atoms with Crippen molar-refractivity contribution in [2.75, 3.05) is 30.8 Å². The Morgan fingerprint density at radius 3 is 2.72 bits per heavy atom. The van der Waals surface area contributed by atoms with Crippen molar-refractivity contribution in [3.05, 3.63) is 18.2 Å². The Morgan fingerprint density at radius 2 is 2.17 bits per heavy atom. The molecule has 0 saturated carbocycles. The zero-order valence-corrected chi connectivity index (χ0v) is 11.0. The highest BCUT2D eigenvalue weighted by atomic mass is 32.2. The number of hydrogen-bond acceptors (Lipinski definition) is 5. The van der Waals surface area contributed by atoms with Crippen LogP contribution in [-0.4, -0.2) is 34.7 Å². The van der Waals surface area contributed by atoms with Crippen LogP contribution in [0.4, 0.5) is 11.4 Å². The normalized spacial score (nSPS) is 20.3. The molecule has 1 heterocycles. The van der Waals surface area contributed by atoms with Crippen LogP contribution in [0, 0.1) is 0 Å². The van der Waals surface area contributed by atoms with Crippen LogP contribution in [0.5, 0.6) is 0 Å². The molecule has 1 aromatic carbocycles. The van der Waals surface area contributed by atoms with Crippen molar-refractivity contribution in [3.8, 4) is 0 Å². The van der Waals surface area contributed by atoms with E-state index in [4.69, 9.17) is 15.6 Å². The highest BCUT2D eigenvalue weighted by Crippen LogP contribution is 2.29. The van der Waals surface area contributed by atoms with Crippen LogP contribution in [-0.2, 0) is 14.8 Å². The summed E-state index contributed by atoms with van der Waals surface area (Å²) in [6.07, 6.45) is 0.987. The van der Waals surface area contributed by atoms with E-state index in [1.54, 1.807) is 19.2 Å². The van der Waals surface area contributed by atoms with Crippen LogP contribution in [0.3, 0.4) is 0 Å². The van der Waals surface area contributed by atoms with Gasteiger partial charge >= 0.3 is 0 Å². The summed E-state index contributed by atoms with van der Waals surface area (Å²) in [6.45, 7) is 1.40. The molecule has 0 aliphatic carbocycles. The Balaban J connectivity index is 2.40. The van der Waals surface area contributed by atoms with Crippen LogP contribution >= 0.6 is 0 Å². The Morgan fingerprint density at radius 1 is 1.44 bits per heavy atom. The molecule has 0 radical (unpaired) electrons. The van der Waals surface area contributed by atoms with Crippen LogP contribution in [0.25, 0.3) is 0 Å². The molecule has 2 rings (SSSR count). The van der Waals surface area contributed by atoms with Gasteiger partial charge in [0.25, 0.3) is 0 Å². The molecule has 6 nitrogen and oxygen atoms in total. The van der Waals surface area contributed by atoms with Crippen LogP contribution < -0.4 is 15.8 Å². The molecule has 4 N–H and O–H groups in total. The molecule has 1 saturated heterocycles. The molecule has 100 valence electrons. The lowest BCUT2D eigenvalue weighted by molar-refractivity contribution is 0.121. The Kier molecular flexibility index (Phi) is 3.47. The van der Waals surface area contributed by atoms with Gasteiger partial charge in [-0.25, -0.2) is 13.6 Å². The lowest BCUT2D eigenvalue weighted by Crippen LogP contribution is -2.25. The first-order valence-corrected chi connectivity index (χ1v) is 7.16. The third kappa shape index (κ3) is 2.58. The molecule has 1 aromatic rings. The maximum absolute atomic E-state index is 11.6. The molecule has 1 aliphatic rings. The first-order chi connectivity index (χ1) is 8.41. The van der Waals surface area contributed by atoms with Gasteiger partial charge in [-0.1, -0.05) is 0 Å². The minimum absolute atomic E-state index is 0.0688. The van der Waals surface area contributed by atoms with Crippen molar-refractivity contribution in [3.63, 3.8) is 0 Å². The maximum atomic E-state index is 11.6. The second-order valence-electron chi connectivity index (χ2n) is 4.36. The SMILES string of the molecule is COC1CCN(c2ccc(N)cc2S(N)(=O)=O)C1. The second-order valence-corrected chi connectivity index (χ2v) is 5.89. The molecule has 18 heavy (non-hydrogen) atoms. The standard InChI is InChI=1S/C11H17N3O3S/c1-17-9-4-5-14(7-9)10-3-2-8(12)6-11(10)18(13,15)16/h2-3,6,9H,4-5,7,12H2,1H3,(H2,13,15,16). The van der Waals surface area contributed by atoms with Crippen LogP contribution in [0.1, 0.15) is 6.42 Å². The van der Waals surface area contributed by atoms with Gasteiger partial charge in [0.15, 0.2) is 0 Å². The predicted octanol–water partition coefficient (Wildman–Crippen LogP) is 0.141. The molecule has 0 amide bonds. The van der Waals surface area contributed by atoms with Gasteiger partial charge in [-0.05, 0) is 24.6 Å². The third-order valence-corrected chi connectivity index (χ3v) is 4.05. The molecule has 1 fully saturated rings. The molecule has 0 bridgehead atoms. The molecular formula is C11H17N3O3S. The number of sulfonamides is 1. The van der Waals surface area contributed by atoms with Crippen LogP contribution in [0.2, 0.25) is 0 Å². The number of anilines is 2. The second kappa shape index (κ2) is 4.75. The number of methoxy groups -OCH3 is 1. The number of hydrogen-bond donors (Lipinski definition) is 2. The first-order valence-electron chi connectivity index (χ1n) is 5.62. The van der Waals surface area contributed by atoms with Gasteiger partial charge in [0.1, 0.15) is 4.90 Å². The molecular weight excluding hydrogens is 254 g/mol. The molecule has 1 aliphatic heterocycles. The summed E-state index contributed by atoms with van der Waals surface area (Å²) in [5, 5.41) is 5.22. The number of benzene rings is 1. The van der Waals surface area contributed by atoms with Gasteiger partial charge in [0.05, 0.1) is 11.8 Å². The largest absolute Gasteiger partial charge is 0.399 e. The van der Waals surface area contributed by atoms with Crippen molar-refractivity contribution in [2.24, 2.45) is 5.14 Å². The van der Waals surface area contributed by atoms with Gasteiger partial charge in [-0.2, -0.15) is 0 Å². The number of rotatable bonds is 3. The van der Waals surface area contributed by atoms with Gasteiger partial charge in [-0.15, -0.1) is 0 Å². The van der Waals surface area contributed by atoms with E-state index in [2.05, 4.69) is 0 Å². The first kappa shape index (κ1) is 13.1. The summed E-state index contributed by atoms with van der Waals surface area (Å²) < 4.78 is 28.4. The number of nitrogens with zero attached hydrogens (tertiary/aromatic N) is 1. The lowest BCUT2D eigenvalue weighted by atomic mass is 10.2. The number of ether oxygens (including phenoxy) is 1. The summed E-state index contributed by atoms with van der Waals surface area (Å²) in [5.41, 5.74) is 6.58. The van der Waals surface area contributed by atoms with E-state index in [-0.39, 0.29) is 11.0 Å². The Labute approximate surface area is 107 Å². The highest BCUT2D eigenvalue weighted by molar-refractivity contribution is 7.89. The van der Waals surface area contributed by atoms with Crippen molar-refractivity contribution < 1.29 is 13.2 Å². The lowest BCUT2D eigenvalue weighted by Gasteiger charge is -2.21. The van der Waals surface area contributed by atoms with E-state index < -0.39 is 10.0 Å². The Hall–Kier alpha value is -1.31. The minimum atomic E-state index is -3.78. The summed E-state index contributed by atoms with van der Waals surface area (Å²) >= 11 is 0. The summed E-state index contributed by atoms with van der Waals surface area (Å²) in [5.74, 6) is 0. The average Bonchev–Trinajstić information content (AvgIpc) is 2.76. The summed E-state index contributed by atoms with van der Waals surface area (Å²) in [6, 6.07) is 4.75. The van der Waals surface area contributed by atoms with E-state index in [9.17, 15) is 8.42 Å². The van der Waals surface area contributed by atoms with E-state index in [1.165, 1.54) is 6.07 Å². The number of nitrogen functional groups attached to an aromatic ring is 1. The summed E-state index contributed by atoms with van der Waals surface area (Å²) in [4.78, 5) is 2.02. The van der Waals surface area contributed by atoms with E-state index in [0.29, 0.717) is 17.9 Å². The third-order valence-electron chi connectivity index (χ3n) is 3.11. The fraction of sp³-hybridized carbons (Fsp3) is 0.455. The Bertz CT molecular complexity index is 544. The molecule has 0 spiro atoms. The average molecular weight is 271 g/mol. The molecule has 0 aromatic heterocycles. The zero-order chi connectivity index (χ0) is 13.3. The predicted molar refractivity (Wildman–Crippen MR) is 69.9 cm³/mol. The fourth-order valence-corrected chi connectivity index (χ4v) is 2.95.